The molecular formula is C26H26ClNO. The van der Waals surface area contributed by atoms with E-state index in [-0.39, 0.29) is 17.4 Å². The van der Waals surface area contributed by atoms with E-state index in [1.165, 1.54) is 16.7 Å². The molecule has 3 aromatic rings. The standard InChI is InChI=1S/C26H26ClNO/c1-26(2,3)21-12-8-20(9-13-21)25(29)28-17-16-18-6-4-5-7-23(18)24(28)19-10-14-22(27)15-11-19/h4-15,24H,16-17H2,1-3H3/t24-/m0/s1. The van der Waals surface area contributed by atoms with Crippen LogP contribution < -0.4 is 0 Å². The summed E-state index contributed by atoms with van der Waals surface area (Å²) in [7, 11) is 0. The van der Waals surface area contributed by atoms with Gasteiger partial charge in [0.1, 0.15) is 0 Å². The number of benzene rings is 3. The maximum absolute atomic E-state index is 13.5. The number of carbonyl (C=O) groups excluding carboxylic acids is 1. The minimum atomic E-state index is -0.105. The van der Waals surface area contributed by atoms with Gasteiger partial charge in [0.15, 0.2) is 0 Å². The molecular weight excluding hydrogens is 378 g/mol. The van der Waals surface area contributed by atoms with Gasteiger partial charge in [-0.25, -0.2) is 0 Å². The predicted molar refractivity (Wildman–Crippen MR) is 120 cm³/mol. The molecule has 1 heterocycles. The van der Waals surface area contributed by atoms with Crippen LogP contribution in [0.2, 0.25) is 5.02 Å². The smallest absolute Gasteiger partial charge is 0.254 e. The lowest BCUT2D eigenvalue weighted by atomic mass is 9.86. The van der Waals surface area contributed by atoms with Crippen molar-refractivity contribution in [2.45, 2.75) is 38.6 Å². The van der Waals surface area contributed by atoms with Gasteiger partial charge in [-0.15, -0.1) is 0 Å². The van der Waals surface area contributed by atoms with Crippen LogP contribution in [-0.2, 0) is 11.8 Å². The van der Waals surface area contributed by atoms with E-state index in [1.54, 1.807) is 0 Å². The third kappa shape index (κ3) is 3.95. The van der Waals surface area contributed by atoms with Gasteiger partial charge in [0.25, 0.3) is 5.91 Å². The number of fused-ring (bicyclic) bond motifs is 1. The summed E-state index contributed by atoms with van der Waals surface area (Å²) in [6, 6.07) is 24.2. The fourth-order valence-corrected chi connectivity index (χ4v) is 4.19. The Morgan fingerprint density at radius 1 is 0.931 bits per heavy atom. The van der Waals surface area contributed by atoms with Crippen LogP contribution in [0.4, 0.5) is 0 Å². The lowest BCUT2D eigenvalue weighted by Gasteiger charge is -2.38. The number of carbonyl (C=O) groups is 1. The monoisotopic (exact) mass is 403 g/mol. The molecule has 3 aromatic carbocycles. The lowest BCUT2D eigenvalue weighted by molar-refractivity contribution is 0.0694. The van der Waals surface area contributed by atoms with Crippen LogP contribution in [0.15, 0.2) is 72.8 Å². The molecule has 0 saturated carbocycles. The highest BCUT2D eigenvalue weighted by molar-refractivity contribution is 6.30. The fourth-order valence-electron chi connectivity index (χ4n) is 4.07. The van der Waals surface area contributed by atoms with Crippen molar-refractivity contribution in [1.29, 1.82) is 0 Å². The van der Waals surface area contributed by atoms with Crippen molar-refractivity contribution in [3.05, 3.63) is 106 Å². The van der Waals surface area contributed by atoms with Crippen LogP contribution in [0, 0.1) is 0 Å². The first-order valence-corrected chi connectivity index (χ1v) is 10.5. The number of hydrogen-bond donors (Lipinski definition) is 0. The average Bonchev–Trinajstić information content (AvgIpc) is 2.72. The highest BCUT2D eigenvalue weighted by atomic mass is 35.5. The van der Waals surface area contributed by atoms with E-state index in [0.717, 1.165) is 17.5 Å². The molecule has 1 aliphatic heterocycles. The molecule has 29 heavy (non-hydrogen) atoms. The van der Waals surface area contributed by atoms with Crippen LogP contribution in [0.25, 0.3) is 0 Å². The van der Waals surface area contributed by atoms with E-state index < -0.39 is 0 Å². The van der Waals surface area contributed by atoms with Gasteiger partial charge in [0.2, 0.25) is 0 Å². The summed E-state index contributed by atoms with van der Waals surface area (Å²) >= 11 is 6.12. The molecule has 0 fully saturated rings. The topological polar surface area (TPSA) is 20.3 Å². The summed E-state index contributed by atoms with van der Waals surface area (Å²) < 4.78 is 0. The van der Waals surface area contributed by atoms with E-state index in [9.17, 15) is 4.79 Å². The number of nitrogens with zero attached hydrogens (tertiary/aromatic N) is 1. The molecule has 0 saturated heterocycles. The Bertz CT molecular complexity index is 1020. The summed E-state index contributed by atoms with van der Waals surface area (Å²) in [5.41, 5.74) is 5.61. The van der Waals surface area contributed by atoms with Gasteiger partial charge >= 0.3 is 0 Å². The summed E-state index contributed by atoms with van der Waals surface area (Å²) in [5.74, 6) is 0.0694. The highest BCUT2D eigenvalue weighted by Crippen LogP contribution is 2.36. The summed E-state index contributed by atoms with van der Waals surface area (Å²) in [6.07, 6.45) is 0.867. The van der Waals surface area contributed by atoms with Gasteiger partial charge in [-0.3, -0.25) is 4.79 Å². The second-order valence-corrected chi connectivity index (χ2v) is 9.17. The molecule has 148 valence electrons. The molecule has 0 radical (unpaired) electrons. The molecule has 3 heteroatoms. The summed E-state index contributed by atoms with van der Waals surface area (Å²) in [4.78, 5) is 15.5. The molecule has 0 unspecified atom stereocenters. The molecule has 0 aliphatic carbocycles. The van der Waals surface area contributed by atoms with Gasteiger partial charge in [-0.05, 0) is 58.4 Å². The molecule has 4 rings (SSSR count). The van der Waals surface area contributed by atoms with E-state index >= 15 is 0 Å². The summed E-state index contributed by atoms with van der Waals surface area (Å²) in [6.45, 7) is 7.25. The first kappa shape index (κ1) is 19.7. The number of halogens is 1. The lowest BCUT2D eigenvalue weighted by Crippen LogP contribution is -2.40. The number of rotatable bonds is 2. The van der Waals surface area contributed by atoms with Crippen LogP contribution >= 0.6 is 11.6 Å². The molecule has 0 N–H and O–H groups in total. The van der Waals surface area contributed by atoms with Crippen molar-refractivity contribution >= 4 is 17.5 Å². The first-order valence-electron chi connectivity index (χ1n) is 10.1. The van der Waals surface area contributed by atoms with Crippen LogP contribution in [-0.4, -0.2) is 17.4 Å². The molecule has 0 aromatic heterocycles. The fraction of sp³-hybridized carbons (Fsp3) is 0.269. The quantitative estimate of drug-likeness (QED) is 0.483. The third-order valence-corrected chi connectivity index (χ3v) is 5.98. The van der Waals surface area contributed by atoms with Crippen molar-refractivity contribution in [2.24, 2.45) is 0 Å². The maximum atomic E-state index is 13.5. The van der Waals surface area contributed by atoms with E-state index in [1.807, 2.05) is 47.4 Å². The minimum absolute atomic E-state index is 0.0669. The SMILES string of the molecule is CC(C)(C)c1ccc(C(=O)N2CCc3ccccc3[C@@H]2c2ccc(Cl)cc2)cc1. The Morgan fingerprint density at radius 2 is 1.59 bits per heavy atom. The van der Waals surface area contributed by atoms with Gasteiger partial charge < -0.3 is 4.90 Å². The van der Waals surface area contributed by atoms with E-state index in [2.05, 4.69) is 51.1 Å². The van der Waals surface area contributed by atoms with Crippen LogP contribution in [0.3, 0.4) is 0 Å². The molecule has 0 spiro atoms. The average molecular weight is 404 g/mol. The molecule has 0 bridgehead atoms. The normalized spacial score (nSPS) is 16.4. The van der Waals surface area contributed by atoms with E-state index in [4.69, 9.17) is 11.6 Å². The molecule has 1 aliphatic rings. The molecule has 1 atom stereocenters. The number of amides is 1. The van der Waals surface area contributed by atoms with Crippen molar-refractivity contribution in [3.63, 3.8) is 0 Å². The van der Waals surface area contributed by atoms with Gasteiger partial charge in [0, 0.05) is 17.1 Å². The highest BCUT2D eigenvalue weighted by Gasteiger charge is 2.32. The second kappa shape index (κ2) is 7.68. The molecule has 1 amide bonds. The summed E-state index contributed by atoms with van der Waals surface area (Å²) in [5, 5.41) is 0.702. The number of hydrogen-bond acceptors (Lipinski definition) is 1. The Hall–Kier alpha value is -2.58. The largest absolute Gasteiger partial charge is 0.327 e. The first-order chi connectivity index (χ1) is 13.8. The zero-order valence-corrected chi connectivity index (χ0v) is 17.9. The third-order valence-electron chi connectivity index (χ3n) is 5.73. The van der Waals surface area contributed by atoms with Gasteiger partial charge in [-0.1, -0.05) is 80.9 Å². The predicted octanol–water partition coefficient (Wildman–Crippen LogP) is 6.43. The zero-order chi connectivity index (χ0) is 20.6. The van der Waals surface area contributed by atoms with Crippen LogP contribution in [0.5, 0.6) is 0 Å². The van der Waals surface area contributed by atoms with Crippen molar-refractivity contribution in [2.75, 3.05) is 6.54 Å². The van der Waals surface area contributed by atoms with Crippen molar-refractivity contribution < 1.29 is 4.79 Å². The Morgan fingerprint density at radius 3 is 2.24 bits per heavy atom. The van der Waals surface area contributed by atoms with Crippen molar-refractivity contribution in [1.82, 2.24) is 4.90 Å². The second-order valence-electron chi connectivity index (χ2n) is 8.73. The van der Waals surface area contributed by atoms with Crippen molar-refractivity contribution in [3.8, 4) is 0 Å². The van der Waals surface area contributed by atoms with Gasteiger partial charge in [-0.2, -0.15) is 0 Å². The molecule has 2 nitrogen and oxygen atoms in total. The maximum Gasteiger partial charge on any atom is 0.254 e. The van der Waals surface area contributed by atoms with Crippen LogP contribution in [0.1, 0.15) is 59.4 Å². The Labute approximate surface area is 178 Å². The van der Waals surface area contributed by atoms with Gasteiger partial charge in [0.05, 0.1) is 6.04 Å². The Balaban J connectivity index is 1.73. The zero-order valence-electron chi connectivity index (χ0n) is 17.2. The Kier molecular flexibility index (Phi) is 5.23. The van der Waals surface area contributed by atoms with E-state index in [0.29, 0.717) is 11.6 Å². The minimum Gasteiger partial charge on any atom is -0.327 e.